The third-order valence-corrected chi connectivity index (χ3v) is 1.33. The van der Waals surface area contributed by atoms with Crippen LogP contribution >= 0.6 is 0 Å². The van der Waals surface area contributed by atoms with E-state index >= 15 is 0 Å². The quantitative estimate of drug-likeness (QED) is 0.423. The number of ether oxygens (including phenoxy) is 1. The second-order valence-corrected chi connectivity index (χ2v) is 3.46. The van der Waals surface area contributed by atoms with Gasteiger partial charge in [0.15, 0.2) is 0 Å². The molecule has 0 heterocycles. The summed E-state index contributed by atoms with van der Waals surface area (Å²) in [5.74, 6) is 0.696. The molecule has 0 saturated heterocycles. The van der Waals surface area contributed by atoms with Gasteiger partial charge in [0, 0.05) is 16.1 Å². The zero-order chi connectivity index (χ0) is 12.8. The van der Waals surface area contributed by atoms with Crippen molar-refractivity contribution >= 4 is 21.8 Å². The van der Waals surface area contributed by atoms with Crippen molar-refractivity contribution in [2.24, 2.45) is 0 Å². The molecule has 8 heteroatoms. The molecule has 0 amide bonds. The lowest BCUT2D eigenvalue weighted by molar-refractivity contribution is 0.342. The SMILES string of the molecule is CCOc1ccc(N)cc1N.O=S(=O)([O-])[O-]. The highest BCUT2D eigenvalue weighted by Crippen LogP contribution is 2.22. The van der Waals surface area contributed by atoms with Gasteiger partial charge in [-0.05, 0) is 25.1 Å². The number of anilines is 2. The van der Waals surface area contributed by atoms with Gasteiger partial charge in [0.2, 0.25) is 0 Å². The van der Waals surface area contributed by atoms with Crippen LogP contribution in [0.25, 0.3) is 0 Å². The lowest BCUT2D eigenvalue weighted by atomic mass is 10.2. The molecule has 16 heavy (non-hydrogen) atoms. The summed E-state index contributed by atoms with van der Waals surface area (Å²) in [6, 6.07) is 5.22. The number of hydrogen-bond donors (Lipinski definition) is 2. The Morgan fingerprint density at radius 1 is 1.31 bits per heavy atom. The third kappa shape index (κ3) is 7.85. The van der Waals surface area contributed by atoms with E-state index in [1.807, 2.05) is 6.92 Å². The summed E-state index contributed by atoms with van der Waals surface area (Å²) >= 11 is 0. The van der Waals surface area contributed by atoms with Crippen molar-refractivity contribution in [3.05, 3.63) is 18.2 Å². The first-order chi connectivity index (χ1) is 7.24. The molecule has 7 nitrogen and oxygen atoms in total. The molecule has 0 unspecified atom stereocenters. The Morgan fingerprint density at radius 3 is 2.19 bits per heavy atom. The molecule has 92 valence electrons. The molecule has 0 aliphatic carbocycles. The minimum absolute atomic E-state index is 0.590. The van der Waals surface area contributed by atoms with Gasteiger partial charge in [-0.2, -0.15) is 0 Å². The van der Waals surface area contributed by atoms with Crippen molar-refractivity contribution in [2.45, 2.75) is 6.92 Å². The van der Waals surface area contributed by atoms with E-state index in [-0.39, 0.29) is 0 Å². The van der Waals surface area contributed by atoms with Gasteiger partial charge in [-0.3, -0.25) is 8.42 Å². The van der Waals surface area contributed by atoms with Crippen molar-refractivity contribution in [1.29, 1.82) is 0 Å². The highest BCUT2D eigenvalue weighted by Gasteiger charge is 1.97. The van der Waals surface area contributed by atoms with Gasteiger partial charge in [-0.25, -0.2) is 0 Å². The van der Waals surface area contributed by atoms with E-state index in [9.17, 15) is 0 Å². The van der Waals surface area contributed by atoms with E-state index in [0.29, 0.717) is 23.7 Å². The molecule has 0 radical (unpaired) electrons. The Labute approximate surface area is 93.6 Å². The number of hydrogen-bond acceptors (Lipinski definition) is 7. The summed E-state index contributed by atoms with van der Waals surface area (Å²) in [5, 5.41) is 0. The summed E-state index contributed by atoms with van der Waals surface area (Å²) in [4.78, 5) is 0. The first-order valence-electron chi connectivity index (χ1n) is 4.18. The predicted octanol–water partition coefficient (Wildman–Crippen LogP) is -0.0883. The van der Waals surface area contributed by atoms with Crippen LogP contribution in [0.5, 0.6) is 5.75 Å². The minimum atomic E-state index is -5.17. The van der Waals surface area contributed by atoms with Crippen LogP contribution in [0.4, 0.5) is 11.4 Å². The molecule has 0 fully saturated rings. The average molecular weight is 248 g/mol. The van der Waals surface area contributed by atoms with Gasteiger partial charge in [-0.1, -0.05) is 0 Å². The summed E-state index contributed by atoms with van der Waals surface area (Å²) in [6.45, 7) is 2.53. The van der Waals surface area contributed by atoms with Crippen LogP contribution in [0, 0.1) is 0 Å². The summed E-state index contributed by atoms with van der Waals surface area (Å²) in [6.07, 6.45) is 0. The largest absolute Gasteiger partial charge is 0.759 e. The van der Waals surface area contributed by atoms with Crippen molar-refractivity contribution < 1.29 is 22.3 Å². The number of rotatable bonds is 2. The van der Waals surface area contributed by atoms with Crippen LogP contribution in [-0.2, 0) is 10.4 Å². The molecule has 0 bridgehead atoms. The Balaban J connectivity index is 0.000000385. The standard InChI is InChI=1S/C8H12N2O.H2O4S/c1-2-11-8-4-3-6(9)5-7(8)10;1-5(2,3)4/h3-5H,2,9-10H2,1H3;(H2,1,2,3,4)/p-2. The molecule has 0 aliphatic rings. The summed E-state index contributed by atoms with van der Waals surface area (Å²) in [5.41, 5.74) is 12.3. The normalized spacial score (nSPS) is 10.2. The first kappa shape index (κ1) is 14.5. The van der Waals surface area contributed by atoms with Crippen LogP contribution in [-0.4, -0.2) is 24.1 Å². The maximum absolute atomic E-state index is 8.52. The predicted molar refractivity (Wildman–Crippen MR) is 56.9 cm³/mol. The van der Waals surface area contributed by atoms with Crippen LogP contribution in [0.3, 0.4) is 0 Å². The van der Waals surface area contributed by atoms with E-state index in [1.54, 1.807) is 18.2 Å². The van der Waals surface area contributed by atoms with E-state index in [1.165, 1.54) is 0 Å². The van der Waals surface area contributed by atoms with Gasteiger partial charge >= 0.3 is 0 Å². The molecule has 0 spiro atoms. The Kier molecular flexibility index (Phi) is 5.57. The molecule has 0 saturated carbocycles. The minimum Gasteiger partial charge on any atom is -0.759 e. The highest BCUT2D eigenvalue weighted by molar-refractivity contribution is 7.79. The summed E-state index contributed by atoms with van der Waals surface area (Å²) in [7, 11) is -5.17. The zero-order valence-corrected chi connectivity index (χ0v) is 9.36. The maximum atomic E-state index is 8.52. The topological polar surface area (TPSA) is 142 Å². The monoisotopic (exact) mass is 248 g/mol. The van der Waals surface area contributed by atoms with Gasteiger partial charge < -0.3 is 25.3 Å². The molecule has 0 aromatic heterocycles. The highest BCUT2D eigenvalue weighted by atomic mass is 32.3. The zero-order valence-electron chi connectivity index (χ0n) is 8.54. The van der Waals surface area contributed by atoms with Crippen LogP contribution in [0.15, 0.2) is 18.2 Å². The van der Waals surface area contributed by atoms with E-state index in [2.05, 4.69) is 0 Å². The van der Waals surface area contributed by atoms with Gasteiger partial charge in [0.05, 0.1) is 12.3 Å². The molecular weight excluding hydrogens is 236 g/mol. The molecule has 1 aromatic carbocycles. The second kappa shape index (κ2) is 6.16. The van der Waals surface area contributed by atoms with Crippen LogP contribution in [0.2, 0.25) is 0 Å². The second-order valence-electron chi connectivity index (χ2n) is 2.64. The molecule has 1 rings (SSSR count). The van der Waals surface area contributed by atoms with Crippen molar-refractivity contribution in [1.82, 2.24) is 0 Å². The fourth-order valence-electron chi connectivity index (χ4n) is 0.854. The van der Waals surface area contributed by atoms with Crippen molar-refractivity contribution in [2.75, 3.05) is 18.1 Å². The number of benzene rings is 1. The van der Waals surface area contributed by atoms with Gasteiger partial charge in [-0.15, -0.1) is 0 Å². The fourth-order valence-corrected chi connectivity index (χ4v) is 0.854. The Hall–Kier alpha value is -1.51. The maximum Gasteiger partial charge on any atom is 0.142 e. The van der Waals surface area contributed by atoms with Crippen LogP contribution in [0.1, 0.15) is 6.92 Å². The Morgan fingerprint density at radius 2 is 1.81 bits per heavy atom. The molecule has 0 atom stereocenters. The van der Waals surface area contributed by atoms with Crippen LogP contribution < -0.4 is 16.2 Å². The van der Waals surface area contributed by atoms with Gasteiger partial charge in [0.1, 0.15) is 5.75 Å². The van der Waals surface area contributed by atoms with E-state index < -0.39 is 10.4 Å². The molecule has 1 aromatic rings. The lowest BCUT2D eigenvalue weighted by Crippen LogP contribution is -1.97. The smallest absolute Gasteiger partial charge is 0.142 e. The number of nitrogens with two attached hydrogens (primary N) is 2. The van der Waals surface area contributed by atoms with E-state index in [0.717, 1.165) is 0 Å². The molecule has 0 aliphatic heterocycles. The van der Waals surface area contributed by atoms with Crippen molar-refractivity contribution in [3.63, 3.8) is 0 Å². The third-order valence-electron chi connectivity index (χ3n) is 1.33. The summed E-state index contributed by atoms with van der Waals surface area (Å²) < 4.78 is 39.3. The Bertz CT molecular complexity index is 424. The molecule has 4 N–H and O–H groups in total. The van der Waals surface area contributed by atoms with Gasteiger partial charge in [0.25, 0.3) is 0 Å². The fraction of sp³-hybridized carbons (Fsp3) is 0.250. The molecular formula is C8H12N2O5S-2. The lowest BCUT2D eigenvalue weighted by Gasteiger charge is -2.06. The van der Waals surface area contributed by atoms with Crippen molar-refractivity contribution in [3.8, 4) is 5.75 Å². The number of nitrogen functional groups attached to an aromatic ring is 2. The average Bonchev–Trinajstić information content (AvgIpc) is 2.07. The van der Waals surface area contributed by atoms with E-state index in [4.69, 9.17) is 33.7 Å². The first-order valence-corrected chi connectivity index (χ1v) is 5.52.